The van der Waals surface area contributed by atoms with Gasteiger partial charge in [-0.15, -0.1) is 11.8 Å². The lowest BCUT2D eigenvalue weighted by molar-refractivity contribution is -0.140. The van der Waals surface area contributed by atoms with Crippen molar-refractivity contribution in [2.24, 2.45) is 11.8 Å². The average Bonchev–Trinajstić information content (AvgIpc) is 3.41. The zero-order chi connectivity index (χ0) is 22.0. The number of hydrogen-bond acceptors (Lipinski definition) is 5. The van der Waals surface area contributed by atoms with E-state index < -0.39 is 16.7 Å². The Morgan fingerprint density at radius 2 is 1.84 bits per heavy atom. The van der Waals surface area contributed by atoms with Crippen molar-refractivity contribution in [3.63, 3.8) is 0 Å². The highest BCUT2D eigenvalue weighted by molar-refractivity contribution is 8.02. The van der Waals surface area contributed by atoms with Gasteiger partial charge < -0.3 is 20.6 Å². The number of carbonyl (C=O) groups excluding carboxylic acids is 3. The van der Waals surface area contributed by atoms with Crippen molar-refractivity contribution in [3.05, 3.63) is 0 Å². The maximum atomic E-state index is 13.6. The quantitative estimate of drug-likeness (QED) is 0.465. The Labute approximate surface area is 189 Å². The molecule has 0 aromatic rings. The highest BCUT2D eigenvalue weighted by atomic mass is 32.2. The predicted molar refractivity (Wildman–Crippen MR) is 120 cm³/mol. The van der Waals surface area contributed by atoms with E-state index in [9.17, 15) is 14.4 Å². The summed E-state index contributed by atoms with van der Waals surface area (Å²) in [4.78, 5) is 41.8. The molecule has 1 aliphatic carbocycles. The monoisotopic (exact) mass is 451 g/mol. The van der Waals surface area contributed by atoms with Crippen LogP contribution < -0.4 is 10.6 Å². The minimum atomic E-state index is -0.477. The van der Waals surface area contributed by atoms with Gasteiger partial charge in [-0.3, -0.25) is 14.4 Å². The molecule has 4 aliphatic rings. The molecule has 3 saturated heterocycles. The van der Waals surface area contributed by atoms with Crippen LogP contribution in [0.25, 0.3) is 0 Å². The molecule has 0 radical (unpaired) electrons. The minimum Gasteiger partial charge on any atom is -0.396 e. The first kappa shape index (κ1) is 22.9. The zero-order valence-electron chi connectivity index (χ0n) is 18.6. The summed E-state index contributed by atoms with van der Waals surface area (Å²) < 4.78 is -0.469. The van der Waals surface area contributed by atoms with Gasteiger partial charge in [0.05, 0.1) is 16.6 Å². The Hall–Kier alpha value is -1.28. The number of nitrogens with zero attached hydrogens (tertiary/aromatic N) is 1. The molecule has 2 unspecified atom stereocenters. The maximum Gasteiger partial charge on any atom is 0.244 e. The molecule has 3 amide bonds. The van der Waals surface area contributed by atoms with Gasteiger partial charge in [0.1, 0.15) is 6.04 Å². The van der Waals surface area contributed by atoms with E-state index in [0.29, 0.717) is 6.54 Å². The SMILES string of the molecule is CNC(=O)[C@@H]1[C@H]2C(=O)N(CCCCCCO)C(C(=O)NC3CCCCC3)C23CC[C@H]1S3. The molecule has 5 atom stereocenters. The van der Waals surface area contributed by atoms with Crippen molar-refractivity contribution in [1.29, 1.82) is 0 Å². The Morgan fingerprint density at radius 1 is 1.10 bits per heavy atom. The van der Waals surface area contributed by atoms with Crippen LogP contribution in [0.5, 0.6) is 0 Å². The normalized spacial score (nSPS) is 34.8. The lowest BCUT2D eigenvalue weighted by atomic mass is 9.70. The van der Waals surface area contributed by atoms with Crippen molar-refractivity contribution in [1.82, 2.24) is 15.5 Å². The van der Waals surface area contributed by atoms with Crippen LogP contribution in [-0.2, 0) is 14.4 Å². The van der Waals surface area contributed by atoms with Gasteiger partial charge in [-0.1, -0.05) is 32.1 Å². The van der Waals surface area contributed by atoms with Crippen molar-refractivity contribution in [2.75, 3.05) is 20.2 Å². The second kappa shape index (κ2) is 9.69. The second-order valence-corrected chi connectivity index (χ2v) is 11.3. The van der Waals surface area contributed by atoms with E-state index in [0.717, 1.165) is 64.2 Å². The summed E-state index contributed by atoms with van der Waals surface area (Å²) in [5.41, 5.74) is 0. The lowest BCUT2D eigenvalue weighted by Gasteiger charge is -2.35. The first-order chi connectivity index (χ1) is 15.0. The number of amides is 3. The highest BCUT2D eigenvalue weighted by Crippen LogP contribution is 2.66. The van der Waals surface area contributed by atoms with Crippen LogP contribution in [0.3, 0.4) is 0 Å². The molecule has 2 bridgehead atoms. The third-order valence-electron chi connectivity index (χ3n) is 7.86. The number of nitrogens with one attached hydrogen (secondary N) is 2. The topological polar surface area (TPSA) is 98.7 Å². The van der Waals surface area contributed by atoms with E-state index in [1.807, 2.05) is 4.90 Å². The highest BCUT2D eigenvalue weighted by Gasteiger charge is 2.73. The molecular weight excluding hydrogens is 414 g/mol. The molecule has 7 nitrogen and oxygen atoms in total. The van der Waals surface area contributed by atoms with E-state index in [2.05, 4.69) is 10.6 Å². The summed E-state index contributed by atoms with van der Waals surface area (Å²) in [5, 5.41) is 15.2. The molecule has 8 heteroatoms. The number of rotatable bonds is 9. The van der Waals surface area contributed by atoms with Crippen LogP contribution in [0.15, 0.2) is 0 Å². The average molecular weight is 452 g/mol. The smallest absolute Gasteiger partial charge is 0.244 e. The van der Waals surface area contributed by atoms with Crippen molar-refractivity contribution < 1.29 is 19.5 Å². The number of aliphatic hydroxyl groups excluding tert-OH is 1. The molecule has 31 heavy (non-hydrogen) atoms. The summed E-state index contributed by atoms with van der Waals surface area (Å²) in [6.07, 6.45) is 10.7. The molecule has 1 spiro atoms. The fourth-order valence-corrected chi connectivity index (χ4v) is 8.66. The van der Waals surface area contributed by atoms with Gasteiger partial charge in [-0.2, -0.15) is 0 Å². The van der Waals surface area contributed by atoms with Crippen LogP contribution in [0.4, 0.5) is 0 Å². The third kappa shape index (κ3) is 4.10. The number of fused-ring (bicyclic) bond motifs is 1. The Balaban J connectivity index is 1.56. The Bertz CT molecular complexity index is 698. The molecule has 1 saturated carbocycles. The number of unbranched alkanes of at least 4 members (excludes halogenated alkanes) is 3. The van der Waals surface area contributed by atoms with Gasteiger partial charge in [-0.25, -0.2) is 0 Å². The summed E-state index contributed by atoms with van der Waals surface area (Å²) in [7, 11) is 1.64. The zero-order valence-corrected chi connectivity index (χ0v) is 19.4. The fraction of sp³-hybridized carbons (Fsp3) is 0.870. The Morgan fingerprint density at radius 3 is 2.55 bits per heavy atom. The van der Waals surface area contributed by atoms with Gasteiger partial charge in [-0.05, 0) is 38.5 Å². The number of likely N-dealkylation sites (tertiary alicyclic amines) is 1. The van der Waals surface area contributed by atoms with Gasteiger partial charge in [0.15, 0.2) is 0 Å². The lowest BCUT2D eigenvalue weighted by Crippen LogP contribution is -2.55. The van der Waals surface area contributed by atoms with E-state index >= 15 is 0 Å². The molecule has 3 aliphatic heterocycles. The van der Waals surface area contributed by atoms with Crippen LogP contribution in [-0.4, -0.2) is 70.0 Å². The molecule has 3 heterocycles. The second-order valence-electron chi connectivity index (χ2n) is 9.68. The van der Waals surface area contributed by atoms with Crippen molar-refractivity contribution in [3.8, 4) is 0 Å². The number of hydrogen-bond donors (Lipinski definition) is 3. The first-order valence-electron chi connectivity index (χ1n) is 12.1. The molecule has 0 aromatic carbocycles. The predicted octanol–water partition coefficient (Wildman–Crippen LogP) is 1.83. The van der Waals surface area contributed by atoms with E-state index in [4.69, 9.17) is 5.11 Å². The van der Waals surface area contributed by atoms with Crippen LogP contribution in [0.1, 0.15) is 70.6 Å². The number of carbonyl (C=O) groups is 3. The van der Waals surface area contributed by atoms with Crippen molar-refractivity contribution >= 4 is 29.5 Å². The Kier molecular flexibility index (Phi) is 7.16. The summed E-state index contributed by atoms with van der Waals surface area (Å²) in [5.74, 6) is -0.803. The van der Waals surface area contributed by atoms with Crippen LogP contribution >= 0.6 is 11.8 Å². The summed E-state index contributed by atoms with van der Waals surface area (Å²) in [6, 6.07) is -0.272. The van der Waals surface area contributed by atoms with Gasteiger partial charge >= 0.3 is 0 Å². The minimum absolute atomic E-state index is 0.00532. The van der Waals surface area contributed by atoms with Crippen LogP contribution in [0.2, 0.25) is 0 Å². The number of aliphatic hydroxyl groups is 1. The van der Waals surface area contributed by atoms with E-state index in [1.165, 1.54) is 6.42 Å². The molecule has 4 fully saturated rings. The standard InChI is InChI=1S/C23H37N3O4S/c1-24-20(28)17-16-11-12-23(31-16)18(17)22(30)26(13-7-2-3-8-14-27)19(23)21(29)25-15-9-5-4-6-10-15/h15-19,27H,2-14H2,1H3,(H,24,28)(H,25,29)/t16-,17+,18+,19?,23?/m1/s1. The van der Waals surface area contributed by atoms with E-state index in [-0.39, 0.29) is 41.5 Å². The van der Waals surface area contributed by atoms with E-state index in [1.54, 1.807) is 18.8 Å². The fourth-order valence-electron chi connectivity index (χ4n) is 6.44. The van der Waals surface area contributed by atoms with Gasteiger partial charge in [0.25, 0.3) is 0 Å². The molecular formula is C23H37N3O4S. The third-order valence-corrected chi connectivity index (χ3v) is 9.81. The van der Waals surface area contributed by atoms with Gasteiger partial charge in [0, 0.05) is 31.5 Å². The molecule has 0 aromatic heterocycles. The maximum absolute atomic E-state index is 13.6. The molecule has 4 rings (SSSR count). The van der Waals surface area contributed by atoms with Crippen LogP contribution in [0, 0.1) is 11.8 Å². The molecule has 3 N–H and O–H groups in total. The number of thioether (sulfide) groups is 1. The van der Waals surface area contributed by atoms with Crippen molar-refractivity contribution in [2.45, 2.75) is 92.7 Å². The largest absolute Gasteiger partial charge is 0.396 e. The van der Waals surface area contributed by atoms with Gasteiger partial charge in [0.2, 0.25) is 17.7 Å². The summed E-state index contributed by atoms with van der Waals surface area (Å²) >= 11 is 1.74. The molecule has 174 valence electrons. The summed E-state index contributed by atoms with van der Waals surface area (Å²) in [6.45, 7) is 0.739. The first-order valence-corrected chi connectivity index (χ1v) is 13.0.